The summed E-state index contributed by atoms with van der Waals surface area (Å²) in [5.41, 5.74) is 0. The molecule has 92 valence electrons. The SMILES string of the molecule is CCCCC(CC)CC(CC)C(C)NC. The van der Waals surface area contributed by atoms with Crippen molar-refractivity contribution in [2.45, 2.75) is 72.3 Å². The second kappa shape index (κ2) is 9.21. The van der Waals surface area contributed by atoms with Crippen molar-refractivity contribution in [1.29, 1.82) is 0 Å². The van der Waals surface area contributed by atoms with E-state index in [4.69, 9.17) is 0 Å². The average Bonchev–Trinajstić information content (AvgIpc) is 2.28. The molecule has 15 heavy (non-hydrogen) atoms. The first-order chi connectivity index (χ1) is 7.19. The van der Waals surface area contributed by atoms with Crippen LogP contribution in [0.1, 0.15) is 66.2 Å². The third-order valence-corrected chi connectivity index (χ3v) is 3.87. The molecule has 0 fully saturated rings. The predicted molar refractivity (Wildman–Crippen MR) is 70.2 cm³/mol. The van der Waals surface area contributed by atoms with Crippen molar-refractivity contribution in [3.63, 3.8) is 0 Å². The summed E-state index contributed by atoms with van der Waals surface area (Å²) in [6.45, 7) is 9.28. The molecule has 0 aromatic heterocycles. The Morgan fingerprint density at radius 1 is 1.07 bits per heavy atom. The minimum absolute atomic E-state index is 0.672. The van der Waals surface area contributed by atoms with Crippen molar-refractivity contribution in [2.75, 3.05) is 7.05 Å². The number of hydrogen-bond acceptors (Lipinski definition) is 1. The summed E-state index contributed by atoms with van der Waals surface area (Å²) >= 11 is 0. The quantitative estimate of drug-likeness (QED) is 0.604. The van der Waals surface area contributed by atoms with Gasteiger partial charge in [0.15, 0.2) is 0 Å². The first-order valence-corrected chi connectivity index (χ1v) is 6.86. The first-order valence-electron chi connectivity index (χ1n) is 6.86. The minimum atomic E-state index is 0.672. The molecule has 0 heterocycles. The van der Waals surface area contributed by atoms with E-state index < -0.39 is 0 Å². The Labute approximate surface area is 97.0 Å². The maximum Gasteiger partial charge on any atom is 0.00639 e. The van der Waals surface area contributed by atoms with Gasteiger partial charge in [0.2, 0.25) is 0 Å². The Balaban J connectivity index is 3.99. The van der Waals surface area contributed by atoms with Crippen LogP contribution in [0.15, 0.2) is 0 Å². The zero-order valence-electron chi connectivity index (χ0n) is 11.5. The highest BCUT2D eigenvalue weighted by atomic mass is 14.9. The lowest BCUT2D eigenvalue weighted by molar-refractivity contribution is 0.281. The van der Waals surface area contributed by atoms with Crippen LogP contribution in [0, 0.1) is 11.8 Å². The van der Waals surface area contributed by atoms with E-state index in [1.54, 1.807) is 0 Å². The summed E-state index contributed by atoms with van der Waals surface area (Å²) in [4.78, 5) is 0. The lowest BCUT2D eigenvalue weighted by Crippen LogP contribution is -2.31. The zero-order chi connectivity index (χ0) is 11.7. The molecule has 0 aromatic rings. The molecular weight excluding hydrogens is 182 g/mol. The molecule has 0 bridgehead atoms. The van der Waals surface area contributed by atoms with Crippen LogP contribution in [-0.2, 0) is 0 Å². The van der Waals surface area contributed by atoms with E-state index in [0.29, 0.717) is 6.04 Å². The molecule has 0 rings (SSSR count). The molecule has 0 aliphatic rings. The van der Waals surface area contributed by atoms with Gasteiger partial charge in [0.05, 0.1) is 0 Å². The maximum atomic E-state index is 3.40. The lowest BCUT2D eigenvalue weighted by Gasteiger charge is -2.26. The topological polar surface area (TPSA) is 12.0 Å². The van der Waals surface area contributed by atoms with Gasteiger partial charge in [-0.25, -0.2) is 0 Å². The lowest BCUT2D eigenvalue weighted by atomic mass is 9.84. The molecule has 0 spiro atoms. The molecule has 0 aromatic carbocycles. The maximum absolute atomic E-state index is 3.40. The Hall–Kier alpha value is -0.0400. The molecule has 0 radical (unpaired) electrons. The van der Waals surface area contributed by atoms with Crippen molar-refractivity contribution >= 4 is 0 Å². The minimum Gasteiger partial charge on any atom is -0.317 e. The van der Waals surface area contributed by atoms with Gasteiger partial charge in [0.25, 0.3) is 0 Å². The Kier molecular flexibility index (Phi) is 9.18. The Morgan fingerprint density at radius 2 is 1.73 bits per heavy atom. The van der Waals surface area contributed by atoms with Crippen LogP contribution in [0.25, 0.3) is 0 Å². The predicted octanol–water partition coefficient (Wildman–Crippen LogP) is 4.23. The zero-order valence-corrected chi connectivity index (χ0v) is 11.5. The third-order valence-electron chi connectivity index (χ3n) is 3.87. The van der Waals surface area contributed by atoms with Crippen LogP contribution in [0.2, 0.25) is 0 Å². The van der Waals surface area contributed by atoms with E-state index in [0.717, 1.165) is 11.8 Å². The fourth-order valence-electron chi connectivity index (χ4n) is 2.37. The van der Waals surface area contributed by atoms with Crippen LogP contribution < -0.4 is 5.32 Å². The van der Waals surface area contributed by atoms with Gasteiger partial charge in [-0.1, -0.05) is 52.9 Å². The Bertz CT molecular complexity index is 133. The van der Waals surface area contributed by atoms with Gasteiger partial charge in [-0.05, 0) is 32.2 Å². The molecule has 0 aliphatic heterocycles. The van der Waals surface area contributed by atoms with Gasteiger partial charge < -0.3 is 5.32 Å². The summed E-state index contributed by atoms with van der Waals surface area (Å²) in [5.74, 6) is 1.81. The van der Waals surface area contributed by atoms with E-state index in [1.807, 2.05) is 0 Å². The van der Waals surface area contributed by atoms with E-state index in [2.05, 4.69) is 40.1 Å². The molecule has 0 saturated carbocycles. The van der Waals surface area contributed by atoms with Gasteiger partial charge in [-0.3, -0.25) is 0 Å². The number of nitrogens with one attached hydrogen (secondary N) is 1. The van der Waals surface area contributed by atoms with Crippen LogP contribution >= 0.6 is 0 Å². The van der Waals surface area contributed by atoms with Crippen LogP contribution in [-0.4, -0.2) is 13.1 Å². The average molecular weight is 213 g/mol. The van der Waals surface area contributed by atoms with Gasteiger partial charge in [-0.15, -0.1) is 0 Å². The summed E-state index contributed by atoms with van der Waals surface area (Å²) in [6.07, 6.45) is 8.25. The van der Waals surface area contributed by atoms with Gasteiger partial charge >= 0.3 is 0 Å². The van der Waals surface area contributed by atoms with E-state index >= 15 is 0 Å². The van der Waals surface area contributed by atoms with E-state index in [9.17, 15) is 0 Å². The molecular formula is C14H31N. The molecule has 0 saturated heterocycles. The van der Waals surface area contributed by atoms with E-state index in [1.165, 1.54) is 38.5 Å². The van der Waals surface area contributed by atoms with Crippen molar-refractivity contribution in [2.24, 2.45) is 11.8 Å². The summed E-state index contributed by atoms with van der Waals surface area (Å²) in [7, 11) is 2.08. The van der Waals surface area contributed by atoms with Gasteiger partial charge in [0, 0.05) is 6.04 Å². The number of hydrogen-bond donors (Lipinski definition) is 1. The van der Waals surface area contributed by atoms with E-state index in [-0.39, 0.29) is 0 Å². The summed E-state index contributed by atoms with van der Waals surface area (Å²) in [5, 5.41) is 3.40. The largest absolute Gasteiger partial charge is 0.317 e. The number of rotatable bonds is 9. The summed E-state index contributed by atoms with van der Waals surface area (Å²) < 4.78 is 0. The van der Waals surface area contributed by atoms with Crippen LogP contribution in [0.3, 0.4) is 0 Å². The molecule has 1 heteroatoms. The fourth-order valence-corrected chi connectivity index (χ4v) is 2.37. The number of unbranched alkanes of at least 4 members (excludes halogenated alkanes) is 1. The molecule has 3 unspecified atom stereocenters. The van der Waals surface area contributed by atoms with Crippen LogP contribution in [0.5, 0.6) is 0 Å². The summed E-state index contributed by atoms with van der Waals surface area (Å²) in [6, 6.07) is 0.672. The fraction of sp³-hybridized carbons (Fsp3) is 1.00. The molecule has 1 nitrogen and oxygen atoms in total. The third kappa shape index (κ3) is 6.19. The monoisotopic (exact) mass is 213 g/mol. The van der Waals surface area contributed by atoms with Crippen molar-refractivity contribution < 1.29 is 0 Å². The van der Waals surface area contributed by atoms with Crippen molar-refractivity contribution in [3.05, 3.63) is 0 Å². The molecule has 0 amide bonds. The highest BCUT2D eigenvalue weighted by Crippen LogP contribution is 2.25. The second-order valence-corrected chi connectivity index (χ2v) is 4.90. The highest BCUT2D eigenvalue weighted by Gasteiger charge is 2.18. The second-order valence-electron chi connectivity index (χ2n) is 4.90. The molecule has 1 N–H and O–H groups in total. The van der Waals surface area contributed by atoms with Crippen molar-refractivity contribution in [1.82, 2.24) is 5.32 Å². The molecule has 0 aliphatic carbocycles. The van der Waals surface area contributed by atoms with Gasteiger partial charge in [-0.2, -0.15) is 0 Å². The Morgan fingerprint density at radius 3 is 2.13 bits per heavy atom. The van der Waals surface area contributed by atoms with Gasteiger partial charge in [0.1, 0.15) is 0 Å². The molecule has 3 atom stereocenters. The van der Waals surface area contributed by atoms with Crippen LogP contribution in [0.4, 0.5) is 0 Å². The first kappa shape index (κ1) is 15.0. The normalized spacial score (nSPS) is 17.4. The van der Waals surface area contributed by atoms with Crippen molar-refractivity contribution in [3.8, 4) is 0 Å². The smallest absolute Gasteiger partial charge is 0.00639 e. The highest BCUT2D eigenvalue weighted by molar-refractivity contribution is 4.73. The standard InChI is InChI=1S/C14H31N/c1-6-9-10-13(7-2)11-14(8-3)12(4)15-5/h12-15H,6-11H2,1-5H3.